The number of ether oxygens (including phenoxy) is 4. The van der Waals surface area contributed by atoms with Gasteiger partial charge in [-0.15, -0.1) is 5.54 Å². The van der Waals surface area contributed by atoms with Crippen molar-refractivity contribution in [1.29, 1.82) is 0 Å². The number of aromatic nitrogens is 3. The number of hydrogen-bond acceptors (Lipinski definition) is 9. The van der Waals surface area contributed by atoms with Crippen molar-refractivity contribution in [3.63, 3.8) is 0 Å². The summed E-state index contributed by atoms with van der Waals surface area (Å²) in [6, 6.07) is 6.67. The molecule has 2 aromatic heterocycles. The minimum atomic E-state index is -2.30. The lowest BCUT2D eigenvalue weighted by Crippen LogP contribution is -2.49. The molecule has 3 saturated heterocycles. The molecule has 0 saturated carbocycles. The van der Waals surface area contributed by atoms with Crippen molar-refractivity contribution in [3.05, 3.63) is 41.5 Å². The topological polar surface area (TPSA) is 82.1 Å². The SMILES string of the molecule is COCOc1cc(-c2nc3c4c(nc(OC[C@@]56CCCN5C[C@H](F)C6)nc4c2F)N2CC[C@H]2CCO3)c2c(C#C[Si](C(C)C)(C(C)C)C(C)C)c(F)ccc2c1. The van der Waals surface area contributed by atoms with E-state index < -0.39 is 31.4 Å². The molecule has 0 radical (unpaired) electrons. The van der Waals surface area contributed by atoms with Crippen molar-refractivity contribution >= 4 is 35.6 Å². The summed E-state index contributed by atoms with van der Waals surface area (Å²) in [6.07, 6.45) is 2.92. The molecule has 56 heavy (non-hydrogen) atoms. The van der Waals surface area contributed by atoms with E-state index >= 15 is 8.78 Å². The summed E-state index contributed by atoms with van der Waals surface area (Å²) in [5.74, 6) is 3.18. The number of methoxy groups -OCH3 is 1. The molecule has 13 heteroatoms. The van der Waals surface area contributed by atoms with E-state index in [4.69, 9.17) is 33.9 Å². The van der Waals surface area contributed by atoms with Crippen LogP contribution in [0.3, 0.4) is 0 Å². The quantitative estimate of drug-likeness (QED) is 0.0889. The fraction of sp³-hybridized carbons (Fsp3) is 0.558. The zero-order valence-electron chi connectivity index (χ0n) is 33.5. The van der Waals surface area contributed by atoms with Crippen LogP contribution in [0.4, 0.5) is 19.0 Å². The second-order valence-corrected chi connectivity index (χ2v) is 22.5. The molecule has 0 spiro atoms. The molecule has 298 valence electrons. The van der Waals surface area contributed by atoms with E-state index in [1.54, 1.807) is 18.2 Å². The van der Waals surface area contributed by atoms with E-state index in [1.165, 1.54) is 13.2 Å². The molecule has 3 atom stereocenters. The van der Waals surface area contributed by atoms with Gasteiger partial charge < -0.3 is 23.8 Å². The molecule has 4 aliphatic heterocycles. The van der Waals surface area contributed by atoms with E-state index in [2.05, 4.69) is 62.8 Å². The molecule has 2 aromatic carbocycles. The summed E-state index contributed by atoms with van der Waals surface area (Å²) < 4.78 is 72.4. The van der Waals surface area contributed by atoms with Gasteiger partial charge in [-0.2, -0.15) is 9.97 Å². The Kier molecular flexibility index (Phi) is 10.4. The first-order valence-electron chi connectivity index (χ1n) is 20.1. The Bertz CT molecular complexity index is 2210. The summed E-state index contributed by atoms with van der Waals surface area (Å²) in [6.45, 7) is 15.7. The maximum absolute atomic E-state index is 17.6. The Labute approximate surface area is 328 Å². The van der Waals surface area contributed by atoms with Gasteiger partial charge in [-0.25, -0.2) is 18.2 Å². The van der Waals surface area contributed by atoms with Crippen molar-refractivity contribution < 1.29 is 32.1 Å². The number of fused-ring (bicyclic) bond motifs is 4. The summed E-state index contributed by atoms with van der Waals surface area (Å²) in [5.41, 5.74) is 4.56. The number of benzene rings is 2. The van der Waals surface area contributed by atoms with Gasteiger partial charge in [0.15, 0.2) is 12.6 Å². The van der Waals surface area contributed by atoms with Gasteiger partial charge in [-0.1, -0.05) is 53.5 Å². The normalized spacial score (nSPS) is 22.1. The summed E-state index contributed by atoms with van der Waals surface area (Å²) in [5, 5.41) is 1.38. The number of alkyl halides is 1. The standard InChI is InChI=1S/C43H52F3N5O4Si/c1-25(2)56(26(3)4,27(5)6)18-13-32-34(45)10-9-28-19-31(55-24-52-7)20-33(35(28)32)38-37(46)39-36-40(51-16-11-30(51)12-17-53-41(36)47-38)49-42(48-39)54-23-43-14-8-15-50(43)22-29(44)21-43/h9-10,19-20,25-27,29-30H,8,11-12,14-17,21-24H2,1-7H3/t29-,30+,43+/m1/s1. The molecule has 6 heterocycles. The van der Waals surface area contributed by atoms with E-state index in [-0.39, 0.29) is 53.7 Å². The smallest absolute Gasteiger partial charge is 0.319 e. The Hall–Kier alpha value is -4.12. The monoisotopic (exact) mass is 787 g/mol. The maximum Gasteiger partial charge on any atom is 0.319 e. The highest BCUT2D eigenvalue weighted by molar-refractivity contribution is 6.90. The number of pyridine rings is 1. The molecule has 0 bridgehead atoms. The summed E-state index contributed by atoms with van der Waals surface area (Å²) in [7, 11) is -0.781. The van der Waals surface area contributed by atoms with Gasteiger partial charge in [-0.3, -0.25) is 4.90 Å². The molecular weight excluding hydrogens is 736 g/mol. The first-order chi connectivity index (χ1) is 26.9. The summed E-state index contributed by atoms with van der Waals surface area (Å²) in [4.78, 5) is 18.8. The average Bonchev–Trinajstić information content (AvgIpc) is 3.67. The lowest BCUT2D eigenvalue weighted by atomic mass is 9.95. The second-order valence-electron chi connectivity index (χ2n) is 17.0. The molecule has 0 N–H and O–H groups in total. The summed E-state index contributed by atoms with van der Waals surface area (Å²) >= 11 is 0. The number of anilines is 1. The molecule has 9 nitrogen and oxygen atoms in total. The van der Waals surface area contributed by atoms with Crippen LogP contribution in [-0.4, -0.2) is 92.4 Å². The van der Waals surface area contributed by atoms with Crippen LogP contribution in [0.25, 0.3) is 32.9 Å². The highest BCUT2D eigenvalue weighted by Gasteiger charge is 2.49. The molecule has 0 amide bonds. The lowest BCUT2D eigenvalue weighted by Gasteiger charge is -2.43. The van der Waals surface area contributed by atoms with E-state index in [9.17, 15) is 4.39 Å². The zero-order chi connectivity index (χ0) is 39.5. The van der Waals surface area contributed by atoms with Crippen LogP contribution in [-0.2, 0) is 4.74 Å². The van der Waals surface area contributed by atoms with Crippen molar-refractivity contribution in [2.45, 2.75) is 108 Å². The third-order valence-corrected chi connectivity index (χ3v) is 19.2. The van der Waals surface area contributed by atoms with Gasteiger partial charge in [0, 0.05) is 50.0 Å². The predicted octanol–water partition coefficient (Wildman–Crippen LogP) is 8.99. The average molecular weight is 788 g/mol. The lowest BCUT2D eigenvalue weighted by molar-refractivity contribution is 0.0512. The number of hydrogen-bond donors (Lipinski definition) is 0. The Morgan fingerprint density at radius 2 is 1.77 bits per heavy atom. The molecule has 3 fully saturated rings. The fourth-order valence-electron chi connectivity index (χ4n) is 10.2. The second kappa shape index (κ2) is 15.0. The van der Waals surface area contributed by atoms with Gasteiger partial charge >= 0.3 is 6.01 Å². The predicted molar refractivity (Wildman–Crippen MR) is 215 cm³/mol. The molecule has 8 rings (SSSR count). The molecule has 4 aliphatic rings. The minimum Gasteiger partial charge on any atom is -0.477 e. The van der Waals surface area contributed by atoms with Gasteiger partial charge in [0.25, 0.3) is 0 Å². The Balaban J connectivity index is 1.35. The van der Waals surface area contributed by atoms with Crippen LogP contribution in [0.2, 0.25) is 16.6 Å². The molecule has 0 unspecified atom stereocenters. The van der Waals surface area contributed by atoms with E-state index in [0.717, 1.165) is 38.8 Å². The molecule has 0 aliphatic carbocycles. The van der Waals surface area contributed by atoms with E-state index in [0.29, 0.717) is 63.9 Å². The number of nitrogens with zero attached hydrogens (tertiary/aromatic N) is 5. The highest BCUT2D eigenvalue weighted by Crippen LogP contribution is 2.46. The van der Waals surface area contributed by atoms with Crippen molar-refractivity contribution in [1.82, 2.24) is 19.9 Å². The van der Waals surface area contributed by atoms with Crippen LogP contribution in [0, 0.1) is 23.1 Å². The van der Waals surface area contributed by atoms with Crippen LogP contribution in [0.15, 0.2) is 24.3 Å². The number of rotatable bonds is 10. The van der Waals surface area contributed by atoms with Crippen molar-refractivity contribution in [2.24, 2.45) is 0 Å². The molecular formula is C43H52F3N5O4Si. The first-order valence-corrected chi connectivity index (χ1v) is 22.3. The van der Waals surface area contributed by atoms with Gasteiger partial charge in [0.1, 0.15) is 54.8 Å². The van der Waals surface area contributed by atoms with Crippen LogP contribution < -0.4 is 19.1 Å². The zero-order valence-corrected chi connectivity index (χ0v) is 34.5. The van der Waals surface area contributed by atoms with Crippen LogP contribution in [0.5, 0.6) is 17.6 Å². The van der Waals surface area contributed by atoms with Crippen LogP contribution in [0.1, 0.15) is 79.2 Å². The first kappa shape index (κ1) is 38.7. The van der Waals surface area contributed by atoms with Gasteiger partial charge in [0.05, 0.1) is 17.7 Å². The van der Waals surface area contributed by atoms with Crippen molar-refractivity contribution in [3.8, 4) is 40.4 Å². The largest absolute Gasteiger partial charge is 0.477 e. The fourth-order valence-corrected chi connectivity index (χ4v) is 15.4. The molecule has 4 aromatic rings. The highest BCUT2D eigenvalue weighted by atomic mass is 28.3. The third kappa shape index (κ3) is 6.45. The Morgan fingerprint density at radius 3 is 2.48 bits per heavy atom. The third-order valence-electron chi connectivity index (χ3n) is 13.0. The van der Waals surface area contributed by atoms with Crippen molar-refractivity contribution in [2.75, 3.05) is 51.7 Å². The number of halogens is 3. The Morgan fingerprint density at radius 1 is 0.982 bits per heavy atom. The van der Waals surface area contributed by atoms with Gasteiger partial charge in [-0.05, 0) is 66.0 Å². The maximum atomic E-state index is 17.6. The van der Waals surface area contributed by atoms with Crippen LogP contribution >= 0.6 is 0 Å². The van der Waals surface area contributed by atoms with E-state index in [1.807, 2.05) is 0 Å². The van der Waals surface area contributed by atoms with Gasteiger partial charge in [0.2, 0.25) is 5.88 Å². The minimum absolute atomic E-state index is 0.0145.